The molecule has 3 rings (SSSR count). The van der Waals surface area contributed by atoms with Gasteiger partial charge in [-0.3, -0.25) is 4.99 Å². The van der Waals surface area contributed by atoms with Crippen molar-refractivity contribution in [3.63, 3.8) is 0 Å². The molecule has 1 aromatic rings. The molecule has 0 heterocycles. The van der Waals surface area contributed by atoms with Crippen LogP contribution in [-0.4, -0.2) is 37.3 Å². The Bertz CT molecular complexity index is 577. The second-order valence-electron chi connectivity index (χ2n) is 6.83. The lowest BCUT2D eigenvalue weighted by molar-refractivity contribution is 0.134. The number of hydrogen-bond donors (Lipinski definition) is 3. The maximum atomic E-state index is 9.92. The number of aliphatic hydroxyl groups is 1. The maximum absolute atomic E-state index is 9.92. The molecule has 2 aliphatic rings. The van der Waals surface area contributed by atoms with E-state index >= 15 is 0 Å². The zero-order valence-corrected chi connectivity index (χ0v) is 18.0. The number of aliphatic hydroxyl groups excluding tert-OH is 1. The lowest BCUT2D eigenvalue weighted by Crippen LogP contribution is -2.43. The summed E-state index contributed by atoms with van der Waals surface area (Å²) in [5.41, 5.74) is 1.61. The van der Waals surface area contributed by atoms with Crippen LogP contribution < -0.4 is 10.6 Å². The minimum absolute atomic E-state index is 0. The van der Waals surface area contributed by atoms with E-state index in [1.165, 1.54) is 22.9 Å². The van der Waals surface area contributed by atoms with Crippen LogP contribution in [0.5, 0.6) is 0 Å². The van der Waals surface area contributed by atoms with Crippen molar-refractivity contribution >= 4 is 45.9 Å². The normalized spacial score (nSPS) is 25.0. The van der Waals surface area contributed by atoms with E-state index in [0.29, 0.717) is 5.92 Å². The van der Waals surface area contributed by atoms with Gasteiger partial charge in [0.1, 0.15) is 0 Å². The minimum atomic E-state index is -0.157. The van der Waals surface area contributed by atoms with Gasteiger partial charge in [-0.25, -0.2) is 0 Å². The number of hydrogen-bond acceptors (Lipinski definition) is 2. The summed E-state index contributed by atoms with van der Waals surface area (Å²) >= 11 is 3.68. The zero-order valence-electron chi connectivity index (χ0n) is 14.1. The fourth-order valence-corrected chi connectivity index (χ4v) is 4.25. The predicted molar refractivity (Wildman–Crippen MR) is 113 cm³/mol. The molecule has 0 spiro atoms. The van der Waals surface area contributed by atoms with E-state index < -0.39 is 0 Å². The van der Waals surface area contributed by atoms with Crippen LogP contribution in [0.1, 0.15) is 37.7 Å². The molecular weight excluding hydrogens is 481 g/mol. The Kier molecular flexibility index (Phi) is 7.37. The molecule has 2 saturated carbocycles. The molecule has 2 unspecified atom stereocenters. The van der Waals surface area contributed by atoms with E-state index in [0.717, 1.165) is 38.3 Å². The van der Waals surface area contributed by atoms with E-state index in [9.17, 15) is 5.11 Å². The summed E-state index contributed by atoms with van der Waals surface area (Å²) < 4.78 is 1.19. The van der Waals surface area contributed by atoms with Crippen LogP contribution in [0.3, 0.4) is 0 Å². The quantitative estimate of drug-likeness (QED) is 0.325. The zero-order chi connectivity index (χ0) is 16.3. The fraction of sp³-hybridized carbons (Fsp3) is 0.611. The molecule has 2 aliphatic carbocycles. The van der Waals surface area contributed by atoms with Crippen molar-refractivity contribution in [1.29, 1.82) is 0 Å². The Morgan fingerprint density at radius 2 is 2.04 bits per heavy atom. The highest BCUT2D eigenvalue weighted by Crippen LogP contribution is 2.49. The lowest BCUT2D eigenvalue weighted by atomic mass is 9.96. The summed E-state index contributed by atoms with van der Waals surface area (Å²) in [4.78, 5) is 4.32. The minimum Gasteiger partial charge on any atom is -0.393 e. The van der Waals surface area contributed by atoms with Crippen LogP contribution in [-0.2, 0) is 5.41 Å². The first-order valence-corrected chi connectivity index (χ1v) is 9.31. The van der Waals surface area contributed by atoms with E-state index in [4.69, 9.17) is 0 Å². The van der Waals surface area contributed by atoms with Gasteiger partial charge < -0.3 is 15.7 Å². The second kappa shape index (κ2) is 8.85. The van der Waals surface area contributed by atoms with Crippen molar-refractivity contribution in [1.82, 2.24) is 10.6 Å². The first kappa shape index (κ1) is 20.0. The molecule has 24 heavy (non-hydrogen) atoms. The first-order chi connectivity index (χ1) is 11.1. The molecular formula is C18H27BrIN3O. The lowest BCUT2D eigenvalue weighted by Gasteiger charge is -2.22. The van der Waals surface area contributed by atoms with Gasteiger partial charge in [0.25, 0.3) is 0 Å². The predicted octanol–water partition coefficient (Wildman–Crippen LogP) is 3.42. The third-order valence-corrected chi connectivity index (χ3v) is 5.96. The molecule has 4 nitrogen and oxygen atoms in total. The number of guanidine groups is 1. The third kappa shape index (κ3) is 4.64. The highest BCUT2D eigenvalue weighted by atomic mass is 127. The van der Waals surface area contributed by atoms with Crippen molar-refractivity contribution < 1.29 is 5.11 Å². The molecule has 0 saturated heterocycles. The molecule has 0 aromatic heterocycles. The second-order valence-corrected chi connectivity index (χ2v) is 7.68. The van der Waals surface area contributed by atoms with Crippen LogP contribution in [0, 0.1) is 5.92 Å². The number of rotatable bonds is 5. The van der Waals surface area contributed by atoms with E-state index in [1.807, 2.05) is 0 Å². The average Bonchev–Trinajstić information content (AvgIpc) is 3.23. The van der Waals surface area contributed by atoms with Crippen LogP contribution in [0.2, 0.25) is 0 Å². The Labute approximate surface area is 170 Å². The number of halogens is 2. The van der Waals surface area contributed by atoms with Crippen LogP contribution in [0.4, 0.5) is 0 Å². The van der Waals surface area contributed by atoms with Gasteiger partial charge >= 0.3 is 0 Å². The van der Waals surface area contributed by atoms with E-state index in [2.05, 4.69) is 55.8 Å². The Morgan fingerprint density at radius 3 is 2.62 bits per heavy atom. The largest absolute Gasteiger partial charge is 0.393 e. The Morgan fingerprint density at radius 1 is 1.29 bits per heavy atom. The van der Waals surface area contributed by atoms with Crippen LogP contribution in [0.15, 0.2) is 33.7 Å². The SMILES string of the molecule is CN=C(NCC1CCCC1O)NCC1(c2ccccc2Br)CC1.I. The molecule has 2 atom stereocenters. The van der Waals surface area contributed by atoms with Gasteiger partial charge in [0.05, 0.1) is 6.10 Å². The van der Waals surface area contributed by atoms with Gasteiger partial charge in [-0.15, -0.1) is 24.0 Å². The van der Waals surface area contributed by atoms with Gasteiger partial charge in [0, 0.05) is 35.9 Å². The summed E-state index contributed by atoms with van der Waals surface area (Å²) in [5.74, 6) is 1.19. The molecule has 0 aliphatic heterocycles. The Hall–Kier alpha value is -0.340. The van der Waals surface area contributed by atoms with Crippen molar-refractivity contribution in [2.24, 2.45) is 10.9 Å². The highest BCUT2D eigenvalue weighted by Gasteiger charge is 2.45. The highest BCUT2D eigenvalue weighted by molar-refractivity contribution is 14.0. The fourth-order valence-electron chi connectivity index (χ4n) is 3.54. The van der Waals surface area contributed by atoms with Gasteiger partial charge in [-0.2, -0.15) is 0 Å². The van der Waals surface area contributed by atoms with Crippen molar-refractivity contribution in [3.8, 4) is 0 Å². The van der Waals surface area contributed by atoms with Crippen molar-refractivity contribution in [3.05, 3.63) is 34.3 Å². The Balaban J connectivity index is 0.00000208. The summed E-state index contributed by atoms with van der Waals surface area (Å²) in [6.45, 7) is 1.69. The average molecular weight is 508 g/mol. The van der Waals surface area contributed by atoms with E-state index in [-0.39, 0.29) is 35.5 Å². The third-order valence-electron chi connectivity index (χ3n) is 5.27. The van der Waals surface area contributed by atoms with Gasteiger partial charge in [-0.1, -0.05) is 40.5 Å². The number of nitrogens with zero attached hydrogens (tertiary/aromatic N) is 1. The smallest absolute Gasteiger partial charge is 0.191 e. The molecule has 134 valence electrons. The molecule has 0 amide bonds. The molecule has 2 fully saturated rings. The van der Waals surface area contributed by atoms with Gasteiger partial charge in [0.15, 0.2) is 5.96 Å². The summed E-state index contributed by atoms with van der Waals surface area (Å²) in [7, 11) is 1.80. The van der Waals surface area contributed by atoms with Crippen LogP contribution >= 0.6 is 39.9 Å². The molecule has 6 heteroatoms. The number of nitrogens with one attached hydrogen (secondary N) is 2. The number of benzene rings is 1. The monoisotopic (exact) mass is 507 g/mol. The van der Waals surface area contributed by atoms with Crippen molar-refractivity contribution in [2.45, 2.75) is 43.6 Å². The summed E-state index contributed by atoms with van der Waals surface area (Å²) in [6.07, 6.45) is 5.43. The van der Waals surface area contributed by atoms with E-state index in [1.54, 1.807) is 7.05 Å². The molecule has 1 aromatic carbocycles. The van der Waals surface area contributed by atoms with Gasteiger partial charge in [0.2, 0.25) is 0 Å². The summed E-state index contributed by atoms with van der Waals surface area (Å²) in [5, 5.41) is 16.8. The van der Waals surface area contributed by atoms with Crippen LogP contribution in [0.25, 0.3) is 0 Å². The topological polar surface area (TPSA) is 56.7 Å². The van der Waals surface area contributed by atoms with Crippen molar-refractivity contribution in [2.75, 3.05) is 20.1 Å². The maximum Gasteiger partial charge on any atom is 0.191 e. The molecule has 3 N–H and O–H groups in total. The molecule has 0 radical (unpaired) electrons. The standard InChI is InChI=1S/C18H26BrN3O.HI/c1-20-17(21-11-13-5-4-8-16(13)23)22-12-18(9-10-18)14-6-2-3-7-15(14)19;/h2-3,6-7,13,16,23H,4-5,8-12H2,1H3,(H2,20,21,22);1H. The summed E-state index contributed by atoms with van der Waals surface area (Å²) in [6, 6.07) is 8.49. The first-order valence-electron chi connectivity index (χ1n) is 8.52. The molecule has 0 bridgehead atoms. The van der Waals surface area contributed by atoms with Gasteiger partial charge in [-0.05, 0) is 37.3 Å². The number of aliphatic imine (C=N–C) groups is 1.